The van der Waals surface area contributed by atoms with Crippen LogP contribution in [0.5, 0.6) is 0 Å². The molecule has 0 spiro atoms. The minimum absolute atomic E-state index is 0.235. The summed E-state index contributed by atoms with van der Waals surface area (Å²) in [6, 6.07) is 28.0. The molecule has 0 N–H and O–H groups in total. The van der Waals surface area contributed by atoms with E-state index in [0.717, 1.165) is 11.1 Å². The fourth-order valence-corrected chi connectivity index (χ4v) is 6.01. The van der Waals surface area contributed by atoms with Crippen molar-refractivity contribution in [2.45, 2.75) is 36.3 Å². The molecule has 4 aromatic rings. The summed E-state index contributed by atoms with van der Waals surface area (Å²) in [5.41, 5.74) is 2.39. The molecule has 1 heterocycles. The van der Waals surface area contributed by atoms with E-state index in [2.05, 4.69) is 0 Å². The molecule has 0 aliphatic carbocycles. The third-order valence-electron chi connectivity index (χ3n) is 5.81. The first-order valence-electron chi connectivity index (χ1n) is 10.5. The highest BCUT2D eigenvalue weighted by atomic mass is 32.2. The Balaban J connectivity index is 1.97. The summed E-state index contributed by atoms with van der Waals surface area (Å²) in [5.74, 6) is 0.815. The van der Waals surface area contributed by atoms with Crippen LogP contribution in [0.1, 0.15) is 32.6 Å². The van der Waals surface area contributed by atoms with E-state index in [0.29, 0.717) is 24.3 Å². The quantitative estimate of drug-likeness (QED) is 0.335. The lowest BCUT2D eigenvalue weighted by Gasteiger charge is -2.28. The van der Waals surface area contributed by atoms with Crippen molar-refractivity contribution in [2.24, 2.45) is 0 Å². The molecule has 31 heavy (non-hydrogen) atoms. The summed E-state index contributed by atoms with van der Waals surface area (Å²) in [4.78, 5) is 5.09. The van der Waals surface area contributed by atoms with Gasteiger partial charge in [0.1, 0.15) is 5.69 Å². The molecule has 5 heteroatoms. The molecule has 0 amide bonds. The Bertz CT molecular complexity index is 1190. The third kappa shape index (κ3) is 3.59. The molecule has 158 valence electrons. The zero-order chi connectivity index (χ0) is 21.9. The summed E-state index contributed by atoms with van der Waals surface area (Å²) in [7, 11) is -3.74. The minimum Gasteiger partial charge on any atom is -0.438 e. The summed E-state index contributed by atoms with van der Waals surface area (Å²) in [6.45, 7) is 3.75. The fourth-order valence-electron chi connectivity index (χ4n) is 3.96. The Morgan fingerprint density at radius 2 is 1.23 bits per heavy atom. The Hall–Kier alpha value is -3.18. The number of hydrogen-bond acceptors (Lipinski definition) is 4. The van der Waals surface area contributed by atoms with E-state index in [1.807, 2.05) is 80.6 Å². The molecule has 0 fully saturated rings. The van der Waals surface area contributed by atoms with Crippen molar-refractivity contribution in [2.75, 3.05) is 0 Å². The number of aromatic nitrogens is 1. The van der Waals surface area contributed by atoms with Gasteiger partial charge in [0.05, 0.1) is 4.90 Å². The predicted molar refractivity (Wildman–Crippen MR) is 123 cm³/mol. The number of oxazole rings is 1. The molecule has 0 saturated carbocycles. The van der Waals surface area contributed by atoms with E-state index in [1.165, 1.54) is 0 Å². The lowest BCUT2D eigenvalue weighted by atomic mass is 10.0. The Morgan fingerprint density at radius 3 is 1.74 bits per heavy atom. The monoisotopic (exact) mass is 431 g/mol. The Morgan fingerprint density at radius 1 is 0.742 bits per heavy atom. The normalized spacial score (nSPS) is 12.1. The van der Waals surface area contributed by atoms with Crippen LogP contribution in [0.3, 0.4) is 0 Å². The van der Waals surface area contributed by atoms with Gasteiger partial charge in [-0.2, -0.15) is 0 Å². The standard InChI is InChI=1S/C26H25NO3S/c1-3-26(4-2,31(28,29)22-18-12-7-13-19-22)25-27-23(20-14-8-5-9-15-20)24(30-25)21-16-10-6-11-17-21/h5-19H,3-4H2,1-2H3. The molecule has 0 aliphatic rings. The molecule has 4 rings (SSSR count). The third-order valence-corrected chi connectivity index (χ3v) is 8.48. The van der Waals surface area contributed by atoms with Gasteiger partial charge in [-0.05, 0) is 25.0 Å². The van der Waals surface area contributed by atoms with Crippen LogP contribution in [0.2, 0.25) is 0 Å². The van der Waals surface area contributed by atoms with Crippen LogP contribution in [-0.2, 0) is 14.6 Å². The van der Waals surface area contributed by atoms with Crippen LogP contribution >= 0.6 is 0 Å². The lowest BCUT2D eigenvalue weighted by molar-refractivity contribution is 0.386. The van der Waals surface area contributed by atoms with E-state index < -0.39 is 14.6 Å². The maximum absolute atomic E-state index is 13.8. The number of nitrogens with zero attached hydrogens (tertiary/aromatic N) is 1. The van der Waals surface area contributed by atoms with Crippen LogP contribution in [-0.4, -0.2) is 13.4 Å². The summed E-state index contributed by atoms with van der Waals surface area (Å²) in [6.07, 6.45) is 0.702. The van der Waals surface area contributed by atoms with Gasteiger partial charge in [-0.25, -0.2) is 13.4 Å². The highest BCUT2D eigenvalue weighted by molar-refractivity contribution is 7.92. The van der Waals surface area contributed by atoms with Crippen LogP contribution in [0.15, 0.2) is 100 Å². The second kappa shape index (κ2) is 8.52. The number of hydrogen-bond donors (Lipinski definition) is 0. The van der Waals surface area contributed by atoms with Crippen LogP contribution in [0, 0.1) is 0 Å². The second-order valence-electron chi connectivity index (χ2n) is 7.45. The Labute approximate surface area is 183 Å². The lowest BCUT2D eigenvalue weighted by Crippen LogP contribution is -2.35. The minimum atomic E-state index is -3.74. The van der Waals surface area contributed by atoms with Crippen molar-refractivity contribution in [3.05, 3.63) is 96.9 Å². The summed E-state index contributed by atoms with van der Waals surface area (Å²) >= 11 is 0. The molecule has 0 atom stereocenters. The molecular weight excluding hydrogens is 406 g/mol. The molecule has 0 radical (unpaired) electrons. The smallest absolute Gasteiger partial charge is 0.217 e. The highest BCUT2D eigenvalue weighted by Gasteiger charge is 2.48. The topological polar surface area (TPSA) is 60.2 Å². The molecule has 4 nitrogen and oxygen atoms in total. The van der Waals surface area contributed by atoms with Gasteiger partial charge in [0.25, 0.3) is 0 Å². The fraction of sp³-hybridized carbons (Fsp3) is 0.192. The van der Waals surface area contributed by atoms with E-state index >= 15 is 0 Å². The van der Waals surface area contributed by atoms with E-state index in [9.17, 15) is 8.42 Å². The van der Waals surface area contributed by atoms with Gasteiger partial charge in [-0.15, -0.1) is 0 Å². The second-order valence-corrected chi connectivity index (χ2v) is 9.71. The zero-order valence-corrected chi connectivity index (χ0v) is 18.5. The first kappa shape index (κ1) is 21.1. The van der Waals surface area contributed by atoms with Crippen LogP contribution in [0.4, 0.5) is 0 Å². The number of benzene rings is 3. The summed E-state index contributed by atoms with van der Waals surface area (Å²) < 4.78 is 32.7. The van der Waals surface area contributed by atoms with Crippen molar-refractivity contribution in [3.63, 3.8) is 0 Å². The van der Waals surface area contributed by atoms with Gasteiger partial charge in [0.2, 0.25) is 5.89 Å². The van der Waals surface area contributed by atoms with Crippen LogP contribution < -0.4 is 0 Å². The number of sulfone groups is 1. The molecule has 1 aromatic heterocycles. The molecule has 0 bridgehead atoms. The van der Waals surface area contributed by atoms with Crippen molar-refractivity contribution in [1.82, 2.24) is 4.98 Å². The zero-order valence-electron chi connectivity index (χ0n) is 17.7. The maximum atomic E-state index is 13.8. The molecule has 0 unspecified atom stereocenters. The highest BCUT2D eigenvalue weighted by Crippen LogP contribution is 2.44. The largest absolute Gasteiger partial charge is 0.438 e. The molecule has 0 saturated heterocycles. The molecular formula is C26H25NO3S. The average molecular weight is 432 g/mol. The SMILES string of the molecule is CCC(CC)(c1nc(-c2ccccc2)c(-c2ccccc2)o1)S(=O)(=O)c1ccccc1. The predicted octanol–water partition coefficient (Wildman–Crippen LogP) is 6.50. The van der Waals surface area contributed by atoms with Crippen molar-refractivity contribution < 1.29 is 12.8 Å². The van der Waals surface area contributed by atoms with Gasteiger partial charge in [0.15, 0.2) is 20.3 Å². The first-order chi connectivity index (χ1) is 15.0. The van der Waals surface area contributed by atoms with E-state index in [-0.39, 0.29) is 10.8 Å². The van der Waals surface area contributed by atoms with Gasteiger partial charge in [-0.1, -0.05) is 92.7 Å². The maximum Gasteiger partial charge on any atom is 0.217 e. The average Bonchev–Trinajstić information content (AvgIpc) is 3.28. The van der Waals surface area contributed by atoms with E-state index in [1.54, 1.807) is 24.3 Å². The first-order valence-corrected chi connectivity index (χ1v) is 11.9. The van der Waals surface area contributed by atoms with Gasteiger partial charge in [-0.3, -0.25) is 0 Å². The van der Waals surface area contributed by atoms with Gasteiger partial charge >= 0.3 is 0 Å². The van der Waals surface area contributed by atoms with Gasteiger partial charge < -0.3 is 4.42 Å². The van der Waals surface area contributed by atoms with Crippen molar-refractivity contribution in [3.8, 4) is 22.6 Å². The summed E-state index contributed by atoms with van der Waals surface area (Å²) in [5, 5.41) is 0. The van der Waals surface area contributed by atoms with E-state index in [4.69, 9.17) is 9.40 Å². The number of rotatable bonds is 7. The van der Waals surface area contributed by atoms with Crippen molar-refractivity contribution in [1.29, 1.82) is 0 Å². The molecule has 3 aromatic carbocycles. The molecule has 0 aliphatic heterocycles. The van der Waals surface area contributed by atoms with Gasteiger partial charge in [0, 0.05) is 11.1 Å². The van der Waals surface area contributed by atoms with Crippen molar-refractivity contribution >= 4 is 9.84 Å². The Kier molecular flexibility index (Phi) is 5.79. The van der Waals surface area contributed by atoms with Crippen LogP contribution in [0.25, 0.3) is 22.6 Å².